The van der Waals surface area contributed by atoms with E-state index >= 15 is 0 Å². The van der Waals surface area contributed by atoms with Crippen LogP contribution >= 0.6 is 15.9 Å². The summed E-state index contributed by atoms with van der Waals surface area (Å²) in [7, 11) is 0. The number of halogens is 1. The normalized spacial score (nSPS) is 12.8. The van der Waals surface area contributed by atoms with Crippen LogP contribution in [0.2, 0.25) is 0 Å². The highest BCUT2D eigenvalue weighted by Crippen LogP contribution is 2.28. The van der Waals surface area contributed by atoms with Gasteiger partial charge >= 0.3 is 0 Å². The van der Waals surface area contributed by atoms with Crippen molar-refractivity contribution in [2.45, 2.75) is 64.8 Å². The molecule has 0 radical (unpaired) electrons. The van der Waals surface area contributed by atoms with Crippen LogP contribution in [0.5, 0.6) is 0 Å². The molecule has 0 spiro atoms. The zero-order valence-corrected chi connectivity index (χ0v) is 13.3. The van der Waals surface area contributed by atoms with Crippen molar-refractivity contribution < 1.29 is 4.42 Å². The lowest BCUT2D eigenvalue weighted by Gasteiger charge is -2.17. The molecular weight excluding hydrogens is 290 g/mol. The molecule has 0 aromatic carbocycles. The SMILES string of the molecule is CCCCCCCC(NCCC)c1ccoc1Br. The van der Waals surface area contributed by atoms with Crippen LogP contribution in [-0.4, -0.2) is 6.54 Å². The fraction of sp³-hybridized carbons (Fsp3) is 0.733. The van der Waals surface area contributed by atoms with Gasteiger partial charge < -0.3 is 9.73 Å². The third-order valence-corrected chi connectivity index (χ3v) is 3.90. The van der Waals surface area contributed by atoms with Crippen molar-refractivity contribution in [3.05, 3.63) is 22.6 Å². The number of hydrogen-bond acceptors (Lipinski definition) is 2. The molecule has 1 atom stereocenters. The fourth-order valence-corrected chi connectivity index (χ4v) is 2.71. The fourth-order valence-electron chi connectivity index (χ4n) is 2.19. The third-order valence-electron chi connectivity index (χ3n) is 3.26. The van der Waals surface area contributed by atoms with E-state index in [1.807, 2.05) is 0 Å². The Morgan fingerprint density at radius 1 is 1.17 bits per heavy atom. The Bertz CT molecular complexity index is 311. The zero-order chi connectivity index (χ0) is 13.2. The molecule has 0 bridgehead atoms. The first-order chi connectivity index (χ1) is 8.79. The van der Waals surface area contributed by atoms with Crippen LogP contribution < -0.4 is 5.32 Å². The molecule has 18 heavy (non-hydrogen) atoms. The minimum atomic E-state index is 0.430. The molecule has 0 amide bonds. The molecule has 0 fully saturated rings. The lowest BCUT2D eigenvalue weighted by Crippen LogP contribution is -2.22. The monoisotopic (exact) mass is 315 g/mol. The first kappa shape index (κ1) is 15.8. The molecule has 104 valence electrons. The second-order valence-electron chi connectivity index (χ2n) is 4.86. The summed E-state index contributed by atoms with van der Waals surface area (Å²) in [5.74, 6) is 0. The van der Waals surface area contributed by atoms with Crippen LogP contribution in [0.25, 0.3) is 0 Å². The van der Waals surface area contributed by atoms with E-state index in [2.05, 4.69) is 41.2 Å². The van der Waals surface area contributed by atoms with Crippen molar-refractivity contribution in [2.24, 2.45) is 0 Å². The van der Waals surface area contributed by atoms with Gasteiger partial charge in [-0.25, -0.2) is 0 Å². The third kappa shape index (κ3) is 5.57. The summed E-state index contributed by atoms with van der Waals surface area (Å²) >= 11 is 3.49. The average molecular weight is 316 g/mol. The maximum Gasteiger partial charge on any atom is 0.173 e. The van der Waals surface area contributed by atoms with Crippen molar-refractivity contribution in [3.63, 3.8) is 0 Å². The second kappa shape index (κ2) is 9.62. The van der Waals surface area contributed by atoms with E-state index in [0.29, 0.717) is 6.04 Å². The smallest absolute Gasteiger partial charge is 0.173 e. The van der Waals surface area contributed by atoms with Crippen molar-refractivity contribution in [1.82, 2.24) is 5.32 Å². The van der Waals surface area contributed by atoms with Gasteiger partial charge in [-0.3, -0.25) is 0 Å². The highest BCUT2D eigenvalue weighted by molar-refractivity contribution is 9.10. The molecule has 0 aliphatic rings. The summed E-state index contributed by atoms with van der Waals surface area (Å²) in [6.07, 6.45) is 10.8. The molecule has 1 rings (SSSR count). The van der Waals surface area contributed by atoms with Crippen molar-refractivity contribution >= 4 is 15.9 Å². The predicted molar refractivity (Wildman–Crippen MR) is 80.8 cm³/mol. The van der Waals surface area contributed by atoms with Crippen LogP contribution in [0.4, 0.5) is 0 Å². The summed E-state index contributed by atoms with van der Waals surface area (Å²) in [6.45, 7) is 5.53. The van der Waals surface area contributed by atoms with Crippen molar-refractivity contribution in [1.29, 1.82) is 0 Å². The van der Waals surface area contributed by atoms with Gasteiger partial charge in [0.25, 0.3) is 0 Å². The zero-order valence-electron chi connectivity index (χ0n) is 11.7. The minimum absolute atomic E-state index is 0.430. The van der Waals surface area contributed by atoms with Gasteiger partial charge in [0.1, 0.15) is 0 Å². The maximum absolute atomic E-state index is 5.35. The highest BCUT2D eigenvalue weighted by Gasteiger charge is 2.15. The summed E-state index contributed by atoms with van der Waals surface area (Å²) in [5, 5.41) is 3.61. The Morgan fingerprint density at radius 3 is 2.56 bits per heavy atom. The first-order valence-electron chi connectivity index (χ1n) is 7.25. The predicted octanol–water partition coefficient (Wildman–Crippen LogP) is 5.44. The maximum atomic E-state index is 5.35. The molecule has 0 saturated carbocycles. The van der Waals surface area contributed by atoms with Gasteiger partial charge in [-0.05, 0) is 41.4 Å². The molecule has 1 aromatic heterocycles. The number of rotatable bonds is 10. The molecule has 1 aromatic rings. The molecule has 1 heterocycles. The first-order valence-corrected chi connectivity index (χ1v) is 8.05. The number of furan rings is 1. The van der Waals surface area contributed by atoms with Gasteiger partial charge in [0.2, 0.25) is 0 Å². The second-order valence-corrected chi connectivity index (χ2v) is 5.58. The van der Waals surface area contributed by atoms with E-state index < -0.39 is 0 Å². The Hall–Kier alpha value is -0.280. The van der Waals surface area contributed by atoms with Gasteiger partial charge in [0.05, 0.1) is 6.26 Å². The number of unbranched alkanes of at least 4 members (excludes halogenated alkanes) is 4. The Kier molecular flexibility index (Phi) is 8.44. The van der Waals surface area contributed by atoms with E-state index in [1.165, 1.54) is 50.5 Å². The number of nitrogens with one attached hydrogen (secondary N) is 1. The van der Waals surface area contributed by atoms with Crippen LogP contribution in [0, 0.1) is 0 Å². The summed E-state index contributed by atoms with van der Waals surface area (Å²) < 4.78 is 6.23. The molecule has 3 heteroatoms. The van der Waals surface area contributed by atoms with Crippen molar-refractivity contribution in [2.75, 3.05) is 6.54 Å². The van der Waals surface area contributed by atoms with Crippen LogP contribution in [0.1, 0.15) is 70.4 Å². The van der Waals surface area contributed by atoms with Crippen LogP contribution in [-0.2, 0) is 0 Å². The largest absolute Gasteiger partial charge is 0.457 e. The Labute approximate surface area is 120 Å². The molecule has 0 aliphatic heterocycles. The Morgan fingerprint density at radius 2 is 1.94 bits per heavy atom. The quantitative estimate of drug-likeness (QED) is 0.581. The van der Waals surface area contributed by atoms with Gasteiger partial charge in [0, 0.05) is 11.6 Å². The van der Waals surface area contributed by atoms with E-state index in [4.69, 9.17) is 4.42 Å². The summed E-state index contributed by atoms with van der Waals surface area (Å²) in [5.41, 5.74) is 1.26. The van der Waals surface area contributed by atoms with Crippen molar-refractivity contribution in [3.8, 4) is 0 Å². The molecule has 2 nitrogen and oxygen atoms in total. The average Bonchev–Trinajstić information content (AvgIpc) is 2.79. The van der Waals surface area contributed by atoms with Gasteiger partial charge in [0.15, 0.2) is 4.67 Å². The van der Waals surface area contributed by atoms with Gasteiger partial charge in [-0.2, -0.15) is 0 Å². The summed E-state index contributed by atoms with van der Waals surface area (Å²) in [6, 6.07) is 2.50. The lowest BCUT2D eigenvalue weighted by molar-refractivity contribution is 0.455. The minimum Gasteiger partial charge on any atom is -0.457 e. The molecule has 1 unspecified atom stereocenters. The van der Waals surface area contributed by atoms with Gasteiger partial charge in [-0.15, -0.1) is 0 Å². The highest BCUT2D eigenvalue weighted by atomic mass is 79.9. The lowest BCUT2D eigenvalue weighted by atomic mass is 10.0. The Balaban J connectivity index is 2.39. The molecule has 0 aliphatic carbocycles. The van der Waals surface area contributed by atoms with E-state index in [1.54, 1.807) is 6.26 Å². The number of hydrogen-bond donors (Lipinski definition) is 1. The standard InChI is InChI=1S/C15H26BrNO/c1-3-5-6-7-8-9-14(17-11-4-2)13-10-12-18-15(13)16/h10,12,14,17H,3-9,11H2,1-2H3. The molecule has 1 N–H and O–H groups in total. The van der Waals surface area contributed by atoms with E-state index in [0.717, 1.165) is 11.2 Å². The van der Waals surface area contributed by atoms with Gasteiger partial charge in [-0.1, -0.05) is 46.0 Å². The summed E-state index contributed by atoms with van der Waals surface area (Å²) in [4.78, 5) is 0. The van der Waals surface area contributed by atoms with Crippen LogP contribution in [0.3, 0.4) is 0 Å². The molecule has 0 saturated heterocycles. The topological polar surface area (TPSA) is 25.2 Å². The molecular formula is C15H26BrNO. The van der Waals surface area contributed by atoms with E-state index in [-0.39, 0.29) is 0 Å². The van der Waals surface area contributed by atoms with Crippen LogP contribution in [0.15, 0.2) is 21.4 Å². The van der Waals surface area contributed by atoms with E-state index in [9.17, 15) is 0 Å².